The molecule has 0 aliphatic carbocycles. The van der Waals surface area contributed by atoms with Gasteiger partial charge in [0.2, 0.25) is 5.91 Å². The van der Waals surface area contributed by atoms with E-state index >= 15 is 0 Å². The number of Topliss-reactive ketones (excluding diaryl/α,β-unsaturated/α-hetero) is 1. The number of amides is 1. The molecule has 0 saturated heterocycles. The summed E-state index contributed by atoms with van der Waals surface area (Å²) in [5, 5.41) is 31.3. The summed E-state index contributed by atoms with van der Waals surface area (Å²) in [6, 6.07) is 16.3. The first-order valence-electron chi connectivity index (χ1n) is 8.87. The molecule has 1 unspecified atom stereocenters. The summed E-state index contributed by atoms with van der Waals surface area (Å²) in [5.41, 5.74) is 1.54. The minimum absolute atomic E-state index is 0.0493. The Balaban J connectivity index is 1.87. The number of nitro benzene ring substituents is 1. The largest absolute Gasteiger partial charge is 0.326 e. The maximum atomic E-state index is 12.4. The third-order valence-electron chi connectivity index (χ3n) is 4.22. The molecule has 0 aliphatic rings. The van der Waals surface area contributed by atoms with Gasteiger partial charge in [-0.2, -0.15) is 10.5 Å². The van der Waals surface area contributed by atoms with Gasteiger partial charge in [0.1, 0.15) is 5.92 Å². The van der Waals surface area contributed by atoms with E-state index in [-0.39, 0.29) is 43.1 Å². The molecule has 146 valence electrons. The topological polar surface area (TPSA) is 137 Å². The molecule has 0 bridgehead atoms. The Morgan fingerprint density at radius 3 is 2.45 bits per heavy atom. The van der Waals surface area contributed by atoms with Crippen LogP contribution in [0.15, 0.2) is 48.5 Å². The lowest BCUT2D eigenvalue weighted by molar-refractivity contribution is -0.384. The van der Waals surface area contributed by atoms with E-state index in [0.29, 0.717) is 11.3 Å². The number of nitrogens with one attached hydrogen (secondary N) is 1. The van der Waals surface area contributed by atoms with E-state index in [4.69, 9.17) is 5.26 Å². The molecule has 1 amide bonds. The molecule has 0 saturated carbocycles. The van der Waals surface area contributed by atoms with Crippen molar-refractivity contribution in [3.63, 3.8) is 0 Å². The van der Waals surface area contributed by atoms with Crippen LogP contribution in [0.25, 0.3) is 0 Å². The molecule has 0 aliphatic heterocycles. The van der Waals surface area contributed by atoms with Gasteiger partial charge < -0.3 is 5.32 Å². The maximum Gasteiger partial charge on any atom is 0.271 e. The SMILES string of the molecule is N#CCc1ccc(C(C#N)C(=O)CCCC(=O)Nc2cccc([N+](=O)[O-])c2)cc1. The van der Waals surface area contributed by atoms with Crippen molar-refractivity contribution in [3.05, 3.63) is 69.8 Å². The lowest BCUT2D eigenvalue weighted by Crippen LogP contribution is -2.14. The number of benzene rings is 2. The van der Waals surface area contributed by atoms with Crippen LogP contribution >= 0.6 is 0 Å². The third kappa shape index (κ3) is 6.26. The average molecular weight is 390 g/mol. The summed E-state index contributed by atoms with van der Waals surface area (Å²) in [7, 11) is 0. The highest BCUT2D eigenvalue weighted by molar-refractivity contribution is 5.92. The van der Waals surface area contributed by atoms with Gasteiger partial charge in [0, 0.05) is 30.7 Å². The highest BCUT2D eigenvalue weighted by Crippen LogP contribution is 2.21. The molecule has 2 aromatic rings. The van der Waals surface area contributed by atoms with E-state index in [1.807, 2.05) is 12.1 Å². The third-order valence-corrected chi connectivity index (χ3v) is 4.22. The Hall–Kier alpha value is -4.04. The zero-order valence-corrected chi connectivity index (χ0v) is 15.5. The highest BCUT2D eigenvalue weighted by Gasteiger charge is 2.20. The fourth-order valence-corrected chi connectivity index (χ4v) is 2.74. The average Bonchev–Trinajstić information content (AvgIpc) is 2.70. The maximum absolute atomic E-state index is 12.4. The summed E-state index contributed by atoms with van der Waals surface area (Å²) >= 11 is 0. The molecule has 1 atom stereocenters. The minimum atomic E-state index is -0.925. The number of rotatable bonds is 9. The van der Waals surface area contributed by atoms with Crippen molar-refractivity contribution >= 4 is 23.1 Å². The van der Waals surface area contributed by atoms with Crippen LogP contribution in [0.2, 0.25) is 0 Å². The fraction of sp³-hybridized carbons (Fsp3) is 0.238. The molecule has 2 rings (SSSR count). The number of hydrogen-bond donors (Lipinski definition) is 1. The first-order chi connectivity index (χ1) is 13.9. The van der Waals surface area contributed by atoms with Gasteiger partial charge >= 0.3 is 0 Å². The predicted octanol–water partition coefficient (Wildman–Crippen LogP) is 3.65. The number of nitriles is 2. The number of anilines is 1. The van der Waals surface area contributed by atoms with Gasteiger partial charge in [-0.3, -0.25) is 19.7 Å². The Bertz CT molecular complexity index is 987. The number of nitro groups is 1. The van der Waals surface area contributed by atoms with E-state index < -0.39 is 10.8 Å². The smallest absolute Gasteiger partial charge is 0.271 e. The van der Waals surface area contributed by atoms with Crippen LogP contribution in [-0.4, -0.2) is 16.6 Å². The van der Waals surface area contributed by atoms with E-state index in [1.54, 1.807) is 24.3 Å². The molecule has 8 nitrogen and oxygen atoms in total. The summed E-state index contributed by atoms with van der Waals surface area (Å²) in [5.74, 6) is -1.58. The van der Waals surface area contributed by atoms with Gasteiger partial charge in [-0.15, -0.1) is 0 Å². The lowest BCUT2D eigenvalue weighted by atomic mass is 9.92. The summed E-state index contributed by atoms with van der Waals surface area (Å²) in [6.45, 7) is 0. The summed E-state index contributed by atoms with van der Waals surface area (Å²) < 4.78 is 0. The van der Waals surface area contributed by atoms with Crippen molar-refractivity contribution in [2.45, 2.75) is 31.6 Å². The lowest BCUT2D eigenvalue weighted by Gasteiger charge is -2.09. The van der Waals surface area contributed by atoms with Crippen molar-refractivity contribution in [3.8, 4) is 12.1 Å². The molecule has 29 heavy (non-hydrogen) atoms. The van der Waals surface area contributed by atoms with Crippen LogP contribution in [0.3, 0.4) is 0 Å². The van der Waals surface area contributed by atoms with Crippen LogP contribution in [0.4, 0.5) is 11.4 Å². The second-order valence-corrected chi connectivity index (χ2v) is 6.31. The van der Waals surface area contributed by atoms with Crippen molar-refractivity contribution in [2.75, 3.05) is 5.32 Å². The Morgan fingerprint density at radius 1 is 1.10 bits per heavy atom. The first-order valence-corrected chi connectivity index (χ1v) is 8.87. The van der Waals surface area contributed by atoms with E-state index in [1.165, 1.54) is 24.3 Å². The van der Waals surface area contributed by atoms with Crippen LogP contribution in [-0.2, 0) is 16.0 Å². The van der Waals surface area contributed by atoms with Gasteiger partial charge in [0.25, 0.3) is 5.69 Å². The van der Waals surface area contributed by atoms with Crippen LogP contribution in [0.5, 0.6) is 0 Å². The second-order valence-electron chi connectivity index (χ2n) is 6.31. The number of carbonyl (C=O) groups is 2. The summed E-state index contributed by atoms with van der Waals surface area (Å²) in [6.07, 6.45) is 0.615. The Kier molecular flexibility index (Phi) is 7.58. The molecular weight excluding hydrogens is 372 g/mol. The van der Waals surface area contributed by atoms with Crippen molar-refractivity contribution < 1.29 is 14.5 Å². The van der Waals surface area contributed by atoms with Crippen molar-refractivity contribution in [1.82, 2.24) is 0 Å². The van der Waals surface area contributed by atoms with Crippen molar-refractivity contribution in [1.29, 1.82) is 10.5 Å². The van der Waals surface area contributed by atoms with Gasteiger partial charge in [-0.1, -0.05) is 30.3 Å². The quantitative estimate of drug-likeness (QED) is 0.512. The number of carbonyl (C=O) groups excluding carboxylic acids is 2. The summed E-state index contributed by atoms with van der Waals surface area (Å²) in [4.78, 5) is 34.6. The molecule has 0 heterocycles. The van der Waals surface area contributed by atoms with Gasteiger partial charge in [-0.05, 0) is 23.6 Å². The number of ketones is 1. The van der Waals surface area contributed by atoms with Gasteiger partial charge in [-0.25, -0.2) is 0 Å². The standard InChI is InChI=1S/C21H18N4O4/c22-12-11-15-7-9-16(10-8-15)19(14-23)20(26)5-2-6-21(27)24-17-3-1-4-18(13-17)25(28)29/h1,3-4,7-10,13,19H,2,5-6,11H2,(H,24,27). The Morgan fingerprint density at radius 2 is 1.83 bits per heavy atom. The normalized spacial score (nSPS) is 11.0. The minimum Gasteiger partial charge on any atom is -0.326 e. The molecular formula is C21H18N4O4. The van der Waals surface area contributed by atoms with Gasteiger partial charge in [0.05, 0.1) is 23.5 Å². The Labute approximate surface area is 167 Å². The highest BCUT2D eigenvalue weighted by atomic mass is 16.6. The van der Waals surface area contributed by atoms with Crippen LogP contribution in [0.1, 0.15) is 36.3 Å². The van der Waals surface area contributed by atoms with E-state index in [9.17, 15) is 25.0 Å². The fourth-order valence-electron chi connectivity index (χ4n) is 2.74. The van der Waals surface area contributed by atoms with E-state index in [2.05, 4.69) is 5.32 Å². The van der Waals surface area contributed by atoms with E-state index in [0.717, 1.165) is 5.56 Å². The molecule has 0 aromatic heterocycles. The molecule has 2 aromatic carbocycles. The number of hydrogen-bond acceptors (Lipinski definition) is 6. The predicted molar refractivity (Wildman–Crippen MR) is 105 cm³/mol. The van der Waals surface area contributed by atoms with Crippen molar-refractivity contribution in [2.24, 2.45) is 0 Å². The second kappa shape index (κ2) is 10.3. The van der Waals surface area contributed by atoms with Gasteiger partial charge in [0.15, 0.2) is 5.78 Å². The number of non-ortho nitro benzene ring substituents is 1. The zero-order valence-electron chi connectivity index (χ0n) is 15.5. The monoisotopic (exact) mass is 390 g/mol. The zero-order chi connectivity index (χ0) is 21.2. The molecule has 0 spiro atoms. The van der Waals surface area contributed by atoms with Crippen LogP contribution in [0, 0.1) is 32.8 Å². The molecule has 0 radical (unpaired) electrons. The van der Waals surface area contributed by atoms with Crippen LogP contribution < -0.4 is 5.32 Å². The molecule has 1 N–H and O–H groups in total. The molecule has 0 fully saturated rings. The number of nitrogens with zero attached hydrogens (tertiary/aromatic N) is 3. The first kappa shape index (κ1) is 21.3. The molecule has 8 heteroatoms.